The van der Waals surface area contributed by atoms with Gasteiger partial charge in [-0.2, -0.15) is 11.8 Å². The number of benzene rings is 1. The molecule has 1 amide bonds. The van der Waals surface area contributed by atoms with Gasteiger partial charge in [-0.1, -0.05) is 29.3 Å². The Kier molecular flexibility index (Phi) is 5.78. The minimum absolute atomic E-state index is 0.0155. The lowest BCUT2D eigenvalue weighted by molar-refractivity contribution is 0.0938. The quantitative estimate of drug-likeness (QED) is 0.790. The van der Waals surface area contributed by atoms with E-state index >= 15 is 0 Å². The molecule has 2 rings (SSSR count). The lowest BCUT2D eigenvalue weighted by Gasteiger charge is -2.20. The molecule has 1 N–H and O–H groups in total. The molecule has 5 heteroatoms. The van der Waals surface area contributed by atoms with Gasteiger partial charge in [0.1, 0.15) is 0 Å². The summed E-state index contributed by atoms with van der Waals surface area (Å²) < 4.78 is 1.76. The van der Waals surface area contributed by atoms with Gasteiger partial charge in [0.05, 0.1) is 5.56 Å². The highest BCUT2D eigenvalue weighted by Crippen LogP contribution is 2.30. The van der Waals surface area contributed by atoms with E-state index in [0.717, 1.165) is 21.1 Å². The zero-order valence-corrected chi connectivity index (χ0v) is 14.8. The van der Waals surface area contributed by atoms with E-state index in [4.69, 9.17) is 0 Å². The van der Waals surface area contributed by atoms with Crippen molar-refractivity contribution in [1.29, 1.82) is 0 Å². The van der Waals surface area contributed by atoms with Gasteiger partial charge in [0.25, 0.3) is 5.91 Å². The molecule has 1 aromatic carbocycles. The molecule has 2 atom stereocenters. The topological polar surface area (TPSA) is 29.1 Å². The van der Waals surface area contributed by atoms with Crippen LogP contribution >= 0.6 is 43.6 Å². The number of rotatable bonds is 4. The fraction of sp³-hybridized carbons (Fsp3) is 0.500. The van der Waals surface area contributed by atoms with Gasteiger partial charge in [-0.3, -0.25) is 4.79 Å². The fourth-order valence-corrected chi connectivity index (χ4v) is 4.41. The molecule has 0 saturated heterocycles. The van der Waals surface area contributed by atoms with Gasteiger partial charge in [0, 0.05) is 20.2 Å². The third-order valence-electron chi connectivity index (χ3n) is 3.32. The molecule has 0 aromatic heterocycles. The SMILES string of the molecule is CCSC1CCCC1NC(=O)c1cc(Br)ccc1Br. The molecular formula is C14H17Br2NOS. The van der Waals surface area contributed by atoms with Crippen molar-refractivity contribution in [2.24, 2.45) is 0 Å². The van der Waals surface area contributed by atoms with Crippen LogP contribution < -0.4 is 5.32 Å². The molecule has 0 bridgehead atoms. The Bertz CT molecular complexity index is 467. The van der Waals surface area contributed by atoms with Crippen LogP contribution in [0.25, 0.3) is 0 Å². The van der Waals surface area contributed by atoms with E-state index in [9.17, 15) is 4.79 Å². The van der Waals surface area contributed by atoms with Crippen molar-refractivity contribution in [3.8, 4) is 0 Å². The number of halogens is 2. The maximum atomic E-state index is 12.4. The number of hydrogen-bond acceptors (Lipinski definition) is 2. The second-order valence-corrected chi connectivity index (χ2v) is 7.92. The number of carbonyl (C=O) groups is 1. The molecule has 1 fully saturated rings. The van der Waals surface area contributed by atoms with E-state index < -0.39 is 0 Å². The van der Waals surface area contributed by atoms with Crippen molar-refractivity contribution >= 4 is 49.5 Å². The Balaban J connectivity index is 2.06. The Labute approximate surface area is 135 Å². The van der Waals surface area contributed by atoms with Crippen LogP contribution in [-0.4, -0.2) is 23.0 Å². The fourth-order valence-electron chi connectivity index (χ4n) is 2.42. The molecule has 2 unspecified atom stereocenters. The molecule has 0 radical (unpaired) electrons. The van der Waals surface area contributed by atoms with E-state index in [-0.39, 0.29) is 5.91 Å². The standard InChI is InChI=1S/C14H17Br2NOS/c1-2-19-13-5-3-4-12(13)17-14(18)10-8-9(15)6-7-11(10)16/h6-8,12-13H,2-5H2,1H3,(H,17,18). The predicted octanol–water partition coefficient (Wildman–Crippen LogP) is 4.62. The Morgan fingerprint density at radius 1 is 1.42 bits per heavy atom. The smallest absolute Gasteiger partial charge is 0.252 e. The zero-order valence-electron chi connectivity index (χ0n) is 10.8. The molecule has 1 aliphatic rings. The van der Waals surface area contributed by atoms with E-state index in [1.54, 1.807) is 0 Å². The summed E-state index contributed by atoms with van der Waals surface area (Å²) in [6, 6.07) is 5.98. The average Bonchev–Trinajstić information content (AvgIpc) is 2.80. The van der Waals surface area contributed by atoms with Crippen LogP contribution in [0.1, 0.15) is 36.5 Å². The summed E-state index contributed by atoms with van der Waals surface area (Å²) in [5.41, 5.74) is 0.696. The lowest BCUT2D eigenvalue weighted by Crippen LogP contribution is -2.38. The number of thioether (sulfide) groups is 1. The molecule has 0 heterocycles. The zero-order chi connectivity index (χ0) is 13.8. The van der Waals surface area contributed by atoms with Gasteiger partial charge >= 0.3 is 0 Å². The maximum Gasteiger partial charge on any atom is 0.252 e. The first-order valence-corrected chi connectivity index (χ1v) is 9.12. The molecule has 1 aliphatic carbocycles. The first-order chi connectivity index (χ1) is 9.11. The van der Waals surface area contributed by atoms with Gasteiger partial charge in [-0.15, -0.1) is 0 Å². The molecule has 0 spiro atoms. The molecular weight excluding hydrogens is 390 g/mol. The molecule has 0 aliphatic heterocycles. The van der Waals surface area contributed by atoms with Crippen molar-refractivity contribution in [2.45, 2.75) is 37.5 Å². The third-order valence-corrected chi connectivity index (χ3v) is 5.83. The number of amides is 1. The van der Waals surface area contributed by atoms with Gasteiger partial charge in [-0.25, -0.2) is 0 Å². The summed E-state index contributed by atoms with van der Waals surface area (Å²) in [5.74, 6) is 1.12. The number of hydrogen-bond donors (Lipinski definition) is 1. The van der Waals surface area contributed by atoms with Crippen molar-refractivity contribution in [3.05, 3.63) is 32.7 Å². The van der Waals surface area contributed by atoms with Gasteiger partial charge in [0.2, 0.25) is 0 Å². The first kappa shape index (κ1) is 15.4. The monoisotopic (exact) mass is 405 g/mol. The van der Waals surface area contributed by atoms with Crippen LogP contribution in [0.4, 0.5) is 0 Å². The Morgan fingerprint density at radius 2 is 2.21 bits per heavy atom. The third kappa shape index (κ3) is 3.99. The minimum atomic E-state index is 0.0155. The van der Waals surface area contributed by atoms with Crippen molar-refractivity contribution < 1.29 is 4.79 Å². The van der Waals surface area contributed by atoms with Crippen molar-refractivity contribution in [3.63, 3.8) is 0 Å². The van der Waals surface area contributed by atoms with E-state index in [1.165, 1.54) is 12.8 Å². The molecule has 1 aromatic rings. The van der Waals surface area contributed by atoms with Gasteiger partial charge < -0.3 is 5.32 Å². The molecule has 2 nitrogen and oxygen atoms in total. The summed E-state index contributed by atoms with van der Waals surface area (Å²) in [5, 5.41) is 3.76. The van der Waals surface area contributed by atoms with Crippen molar-refractivity contribution in [2.75, 3.05) is 5.75 Å². The van der Waals surface area contributed by atoms with Gasteiger partial charge in [-0.05, 0) is 52.7 Å². The first-order valence-electron chi connectivity index (χ1n) is 6.49. The lowest BCUT2D eigenvalue weighted by atomic mass is 10.2. The highest BCUT2D eigenvalue weighted by atomic mass is 79.9. The predicted molar refractivity (Wildman–Crippen MR) is 88.9 cm³/mol. The second-order valence-electron chi connectivity index (χ2n) is 4.63. The van der Waals surface area contributed by atoms with Crippen LogP contribution in [0.2, 0.25) is 0 Å². The Morgan fingerprint density at radius 3 is 2.95 bits per heavy atom. The summed E-state index contributed by atoms with van der Waals surface area (Å²) >= 11 is 8.80. The van der Waals surface area contributed by atoms with Crippen LogP contribution in [0.3, 0.4) is 0 Å². The summed E-state index contributed by atoms with van der Waals surface area (Å²) in [4.78, 5) is 12.4. The number of carbonyl (C=O) groups excluding carboxylic acids is 1. The summed E-state index contributed by atoms with van der Waals surface area (Å²) in [6.07, 6.45) is 3.51. The normalized spacial score (nSPS) is 22.5. The van der Waals surface area contributed by atoms with Crippen LogP contribution in [0.15, 0.2) is 27.1 Å². The van der Waals surface area contributed by atoms with Gasteiger partial charge in [0.15, 0.2) is 0 Å². The molecule has 19 heavy (non-hydrogen) atoms. The molecule has 104 valence electrons. The highest BCUT2D eigenvalue weighted by Gasteiger charge is 2.29. The van der Waals surface area contributed by atoms with Crippen LogP contribution in [-0.2, 0) is 0 Å². The van der Waals surface area contributed by atoms with E-state index in [2.05, 4.69) is 44.1 Å². The molecule has 1 saturated carbocycles. The van der Waals surface area contributed by atoms with Crippen molar-refractivity contribution in [1.82, 2.24) is 5.32 Å². The second kappa shape index (κ2) is 7.14. The highest BCUT2D eigenvalue weighted by molar-refractivity contribution is 9.11. The van der Waals surface area contributed by atoms with Crippen LogP contribution in [0, 0.1) is 0 Å². The largest absolute Gasteiger partial charge is 0.348 e. The minimum Gasteiger partial charge on any atom is -0.348 e. The Hall–Kier alpha value is -0.000000000000000111. The number of nitrogens with one attached hydrogen (secondary N) is 1. The summed E-state index contributed by atoms with van der Waals surface area (Å²) in [7, 11) is 0. The maximum absolute atomic E-state index is 12.4. The van der Waals surface area contributed by atoms with Crippen LogP contribution in [0.5, 0.6) is 0 Å². The summed E-state index contributed by atoms with van der Waals surface area (Å²) in [6.45, 7) is 2.17. The average molecular weight is 407 g/mol. The van der Waals surface area contributed by atoms with E-state index in [1.807, 2.05) is 30.0 Å². The van der Waals surface area contributed by atoms with E-state index in [0.29, 0.717) is 16.9 Å².